The molecule has 2 saturated carbocycles. The van der Waals surface area contributed by atoms with Crippen LogP contribution in [-0.4, -0.2) is 29.9 Å². The lowest BCUT2D eigenvalue weighted by molar-refractivity contribution is -0.133. The molecule has 0 unspecified atom stereocenters. The third-order valence-electron chi connectivity index (χ3n) is 4.57. The topological polar surface area (TPSA) is 46.3 Å². The molecule has 1 aromatic carbocycles. The second-order valence-electron chi connectivity index (χ2n) is 6.76. The highest BCUT2D eigenvalue weighted by molar-refractivity contribution is 5.81. The van der Waals surface area contributed by atoms with Crippen LogP contribution in [0.15, 0.2) is 30.3 Å². The first-order valence-electron chi connectivity index (χ1n) is 8.30. The predicted molar refractivity (Wildman–Crippen MR) is 84.8 cm³/mol. The van der Waals surface area contributed by atoms with E-state index in [1.54, 1.807) is 0 Å². The van der Waals surface area contributed by atoms with E-state index in [0.717, 1.165) is 37.8 Å². The molecule has 3 heteroatoms. The molecule has 3 rings (SSSR count). The number of hydrogen-bond donors (Lipinski definition) is 1. The maximum absolute atomic E-state index is 12.6. The zero-order chi connectivity index (χ0) is 14.7. The SMILES string of the molecule is N[C@@H](CCc1ccccc1)C(=O)N(CC1CC1)CC1CC1. The van der Waals surface area contributed by atoms with Crippen LogP contribution < -0.4 is 5.73 Å². The number of hydrogen-bond acceptors (Lipinski definition) is 2. The van der Waals surface area contributed by atoms with Crippen LogP contribution >= 0.6 is 0 Å². The molecule has 2 aliphatic carbocycles. The molecule has 1 aromatic rings. The highest BCUT2D eigenvalue weighted by Crippen LogP contribution is 2.34. The molecule has 0 heterocycles. The van der Waals surface area contributed by atoms with Crippen LogP contribution in [0.4, 0.5) is 0 Å². The number of aryl methyl sites for hydroxylation is 1. The Labute approximate surface area is 127 Å². The molecular weight excluding hydrogens is 260 g/mol. The molecule has 114 valence electrons. The minimum absolute atomic E-state index is 0.171. The lowest BCUT2D eigenvalue weighted by Crippen LogP contribution is -2.45. The van der Waals surface area contributed by atoms with Crippen molar-refractivity contribution >= 4 is 5.91 Å². The summed E-state index contributed by atoms with van der Waals surface area (Å²) < 4.78 is 0. The van der Waals surface area contributed by atoms with Gasteiger partial charge in [-0.1, -0.05) is 30.3 Å². The number of carbonyl (C=O) groups excluding carboxylic acids is 1. The zero-order valence-corrected chi connectivity index (χ0v) is 12.7. The Morgan fingerprint density at radius 2 is 1.67 bits per heavy atom. The Kier molecular flexibility index (Phi) is 4.59. The van der Waals surface area contributed by atoms with Gasteiger partial charge in [-0.15, -0.1) is 0 Å². The minimum Gasteiger partial charge on any atom is -0.341 e. The van der Waals surface area contributed by atoms with E-state index >= 15 is 0 Å². The lowest BCUT2D eigenvalue weighted by atomic mass is 10.0. The van der Waals surface area contributed by atoms with Gasteiger partial charge >= 0.3 is 0 Å². The first-order valence-corrected chi connectivity index (χ1v) is 8.30. The quantitative estimate of drug-likeness (QED) is 0.798. The number of nitrogens with two attached hydrogens (primary N) is 1. The Bertz CT molecular complexity index is 451. The average Bonchev–Trinajstić information content (AvgIpc) is 3.40. The fourth-order valence-electron chi connectivity index (χ4n) is 2.80. The molecule has 2 aliphatic rings. The van der Waals surface area contributed by atoms with E-state index in [0.29, 0.717) is 0 Å². The minimum atomic E-state index is -0.345. The summed E-state index contributed by atoms with van der Waals surface area (Å²) in [6.45, 7) is 1.88. The van der Waals surface area contributed by atoms with Crippen LogP contribution in [0.2, 0.25) is 0 Å². The fourth-order valence-corrected chi connectivity index (χ4v) is 2.80. The highest BCUT2D eigenvalue weighted by atomic mass is 16.2. The third-order valence-corrected chi connectivity index (χ3v) is 4.57. The monoisotopic (exact) mass is 286 g/mol. The summed E-state index contributed by atoms with van der Waals surface area (Å²) in [5, 5.41) is 0. The average molecular weight is 286 g/mol. The highest BCUT2D eigenvalue weighted by Gasteiger charge is 2.33. The molecule has 0 aromatic heterocycles. The molecular formula is C18H26N2O. The second-order valence-corrected chi connectivity index (χ2v) is 6.76. The maximum Gasteiger partial charge on any atom is 0.239 e. The van der Waals surface area contributed by atoms with E-state index in [4.69, 9.17) is 5.73 Å². The van der Waals surface area contributed by atoms with Crippen molar-refractivity contribution in [3.63, 3.8) is 0 Å². The fraction of sp³-hybridized carbons (Fsp3) is 0.611. The molecule has 0 saturated heterocycles. The van der Waals surface area contributed by atoms with Gasteiger partial charge in [0.2, 0.25) is 5.91 Å². The first-order chi connectivity index (χ1) is 10.2. The van der Waals surface area contributed by atoms with Crippen molar-refractivity contribution in [3.8, 4) is 0 Å². The number of rotatable bonds is 8. The van der Waals surface area contributed by atoms with Gasteiger partial charge < -0.3 is 10.6 Å². The van der Waals surface area contributed by atoms with Crippen molar-refractivity contribution in [1.29, 1.82) is 0 Å². The van der Waals surface area contributed by atoms with Crippen LogP contribution in [-0.2, 0) is 11.2 Å². The van der Waals surface area contributed by atoms with Gasteiger partial charge in [0.15, 0.2) is 0 Å². The Morgan fingerprint density at radius 3 is 2.19 bits per heavy atom. The van der Waals surface area contributed by atoms with Crippen LogP contribution in [0, 0.1) is 11.8 Å². The van der Waals surface area contributed by atoms with E-state index in [-0.39, 0.29) is 11.9 Å². The number of nitrogens with zero attached hydrogens (tertiary/aromatic N) is 1. The van der Waals surface area contributed by atoms with E-state index in [9.17, 15) is 4.79 Å². The predicted octanol–water partition coefficient (Wildman–Crippen LogP) is 2.60. The standard InChI is InChI=1S/C18H26N2O/c19-17(11-10-14-4-2-1-3-5-14)18(21)20(12-15-6-7-15)13-16-8-9-16/h1-5,15-17H,6-13,19H2/t17-/m0/s1. The van der Waals surface area contributed by atoms with Gasteiger partial charge in [-0.3, -0.25) is 4.79 Å². The van der Waals surface area contributed by atoms with Gasteiger partial charge in [0.05, 0.1) is 6.04 Å². The molecule has 1 atom stereocenters. The third kappa shape index (κ3) is 4.57. The summed E-state index contributed by atoms with van der Waals surface area (Å²) in [7, 11) is 0. The number of carbonyl (C=O) groups is 1. The molecule has 2 fully saturated rings. The number of amides is 1. The summed E-state index contributed by atoms with van der Waals surface area (Å²) >= 11 is 0. The second kappa shape index (κ2) is 6.61. The van der Waals surface area contributed by atoms with E-state index in [2.05, 4.69) is 17.0 Å². The van der Waals surface area contributed by atoms with Gasteiger partial charge in [-0.25, -0.2) is 0 Å². The molecule has 0 bridgehead atoms. The lowest BCUT2D eigenvalue weighted by Gasteiger charge is -2.26. The summed E-state index contributed by atoms with van der Waals surface area (Å²) in [5.41, 5.74) is 7.43. The van der Waals surface area contributed by atoms with Crippen molar-refractivity contribution in [2.24, 2.45) is 17.6 Å². The van der Waals surface area contributed by atoms with Gasteiger partial charge in [0, 0.05) is 13.1 Å². The normalized spacial score (nSPS) is 19.3. The molecule has 3 nitrogen and oxygen atoms in total. The Balaban J connectivity index is 1.50. The summed E-state index contributed by atoms with van der Waals surface area (Å²) in [4.78, 5) is 14.7. The van der Waals surface area contributed by atoms with Crippen molar-refractivity contribution in [1.82, 2.24) is 4.90 Å². The summed E-state index contributed by atoms with van der Waals surface area (Å²) in [6, 6.07) is 9.95. The number of benzene rings is 1. The zero-order valence-electron chi connectivity index (χ0n) is 12.7. The molecule has 21 heavy (non-hydrogen) atoms. The van der Waals surface area contributed by atoms with Crippen LogP contribution in [0.5, 0.6) is 0 Å². The van der Waals surface area contributed by atoms with E-state index in [1.165, 1.54) is 31.2 Å². The molecule has 0 aliphatic heterocycles. The van der Waals surface area contributed by atoms with Gasteiger partial charge in [0.1, 0.15) is 0 Å². The Hall–Kier alpha value is -1.35. The van der Waals surface area contributed by atoms with Gasteiger partial charge in [0.25, 0.3) is 0 Å². The molecule has 0 radical (unpaired) electrons. The van der Waals surface area contributed by atoms with Crippen molar-refractivity contribution < 1.29 is 4.79 Å². The maximum atomic E-state index is 12.6. The van der Waals surface area contributed by atoms with Crippen LogP contribution in [0.1, 0.15) is 37.7 Å². The first kappa shape index (κ1) is 14.6. The largest absolute Gasteiger partial charge is 0.341 e. The summed E-state index contributed by atoms with van der Waals surface area (Å²) in [5.74, 6) is 1.66. The van der Waals surface area contributed by atoms with Crippen LogP contribution in [0.3, 0.4) is 0 Å². The van der Waals surface area contributed by atoms with Crippen molar-refractivity contribution in [2.45, 2.75) is 44.6 Å². The Morgan fingerprint density at radius 1 is 1.10 bits per heavy atom. The van der Waals surface area contributed by atoms with E-state index in [1.807, 2.05) is 18.2 Å². The smallest absolute Gasteiger partial charge is 0.239 e. The van der Waals surface area contributed by atoms with E-state index < -0.39 is 0 Å². The van der Waals surface area contributed by atoms with Crippen molar-refractivity contribution in [3.05, 3.63) is 35.9 Å². The van der Waals surface area contributed by atoms with Gasteiger partial charge in [-0.05, 0) is 55.9 Å². The summed E-state index contributed by atoms with van der Waals surface area (Å²) in [6.07, 6.45) is 6.77. The molecule has 1 amide bonds. The van der Waals surface area contributed by atoms with Crippen LogP contribution in [0.25, 0.3) is 0 Å². The molecule has 2 N–H and O–H groups in total. The molecule has 0 spiro atoms. The van der Waals surface area contributed by atoms with Gasteiger partial charge in [-0.2, -0.15) is 0 Å². The van der Waals surface area contributed by atoms with Crippen molar-refractivity contribution in [2.75, 3.05) is 13.1 Å².